The number of aliphatic hydroxyl groups is 1. The first kappa shape index (κ1) is 14.7. The van der Waals surface area contributed by atoms with E-state index < -0.39 is 0 Å². The Morgan fingerprint density at radius 2 is 2.32 bits per heavy atom. The smallest absolute Gasteiger partial charge is 0.209 e. The number of nitrogens with one attached hydrogen (secondary N) is 1. The van der Waals surface area contributed by atoms with Crippen LogP contribution in [0.1, 0.15) is 33.1 Å². The highest BCUT2D eigenvalue weighted by Gasteiger charge is 2.27. The zero-order chi connectivity index (χ0) is 13.7. The second kappa shape index (κ2) is 7.21. The third kappa shape index (κ3) is 4.43. The van der Waals surface area contributed by atoms with Gasteiger partial charge in [-0.25, -0.2) is 4.68 Å². The first-order valence-corrected chi connectivity index (χ1v) is 7.86. The van der Waals surface area contributed by atoms with Crippen molar-refractivity contribution in [2.45, 2.75) is 56.2 Å². The Hall–Kier alpha value is -0.660. The Labute approximate surface area is 118 Å². The van der Waals surface area contributed by atoms with Crippen molar-refractivity contribution in [1.82, 2.24) is 25.5 Å². The maximum Gasteiger partial charge on any atom is 0.209 e. The van der Waals surface area contributed by atoms with Crippen molar-refractivity contribution >= 4 is 11.8 Å². The molecule has 7 heteroatoms. The number of thioether (sulfide) groups is 1. The maximum atomic E-state index is 9.84. The van der Waals surface area contributed by atoms with E-state index >= 15 is 0 Å². The first-order chi connectivity index (χ1) is 9.16. The van der Waals surface area contributed by atoms with Crippen molar-refractivity contribution in [1.29, 1.82) is 0 Å². The van der Waals surface area contributed by atoms with E-state index in [1.54, 1.807) is 11.8 Å². The van der Waals surface area contributed by atoms with Crippen molar-refractivity contribution in [3.05, 3.63) is 0 Å². The number of hydrogen-bond acceptors (Lipinski definition) is 6. The molecule has 2 N–H and O–H groups in total. The summed E-state index contributed by atoms with van der Waals surface area (Å²) in [5.74, 6) is 0.649. The second-order valence-electron chi connectivity index (χ2n) is 5.44. The van der Waals surface area contributed by atoms with Crippen LogP contribution in [0.5, 0.6) is 0 Å². The quantitative estimate of drug-likeness (QED) is 0.726. The Kier molecular flexibility index (Phi) is 5.59. The van der Waals surface area contributed by atoms with Gasteiger partial charge >= 0.3 is 0 Å². The molecule has 0 bridgehead atoms. The van der Waals surface area contributed by atoms with E-state index in [9.17, 15) is 5.11 Å². The number of rotatable bonds is 7. The van der Waals surface area contributed by atoms with Crippen LogP contribution in [-0.2, 0) is 6.54 Å². The van der Waals surface area contributed by atoms with Crippen LogP contribution >= 0.6 is 11.8 Å². The largest absolute Gasteiger partial charge is 0.392 e. The molecule has 2 unspecified atom stereocenters. The van der Waals surface area contributed by atoms with Crippen molar-refractivity contribution in [2.75, 3.05) is 13.1 Å². The SMILES string of the molecule is CC(C)CNCCn1nnnc1SC1CCCC1O. The van der Waals surface area contributed by atoms with Gasteiger partial charge in [-0.1, -0.05) is 25.6 Å². The highest BCUT2D eigenvalue weighted by Crippen LogP contribution is 2.33. The molecular weight excluding hydrogens is 262 g/mol. The minimum absolute atomic E-state index is 0.214. The number of nitrogens with zero attached hydrogens (tertiary/aromatic N) is 4. The van der Waals surface area contributed by atoms with Crippen LogP contribution < -0.4 is 5.32 Å². The maximum absolute atomic E-state index is 9.84. The van der Waals surface area contributed by atoms with Crippen LogP contribution in [-0.4, -0.2) is 49.8 Å². The number of tetrazole rings is 1. The van der Waals surface area contributed by atoms with Gasteiger partial charge in [0, 0.05) is 11.8 Å². The minimum atomic E-state index is -0.214. The Bertz CT molecular complexity index is 384. The molecule has 108 valence electrons. The van der Waals surface area contributed by atoms with Crippen LogP contribution in [0.15, 0.2) is 5.16 Å². The summed E-state index contributed by atoms with van der Waals surface area (Å²) in [5.41, 5.74) is 0. The van der Waals surface area contributed by atoms with Gasteiger partial charge in [-0.2, -0.15) is 0 Å². The summed E-state index contributed by atoms with van der Waals surface area (Å²) in [7, 11) is 0. The second-order valence-corrected chi connectivity index (χ2v) is 6.64. The molecule has 1 aliphatic carbocycles. The van der Waals surface area contributed by atoms with Gasteiger partial charge in [0.05, 0.1) is 12.6 Å². The summed E-state index contributed by atoms with van der Waals surface area (Å²) in [5, 5.41) is 26.1. The fraction of sp³-hybridized carbons (Fsp3) is 0.917. The normalized spacial score (nSPS) is 23.4. The predicted octanol–water partition coefficient (Wildman–Crippen LogP) is 0.924. The molecule has 1 aromatic rings. The van der Waals surface area contributed by atoms with Crippen LogP contribution in [0.4, 0.5) is 0 Å². The molecule has 1 aromatic heterocycles. The summed E-state index contributed by atoms with van der Waals surface area (Å²) >= 11 is 1.61. The number of aliphatic hydroxyl groups excluding tert-OH is 1. The lowest BCUT2D eigenvalue weighted by atomic mass is 10.2. The molecule has 6 nitrogen and oxygen atoms in total. The first-order valence-electron chi connectivity index (χ1n) is 6.98. The van der Waals surface area contributed by atoms with Gasteiger partial charge < -0.3 is 10.4 Å². The average molecular weight is 285 g/mol. The van der Waals surface area contributed by atoms with Gasteiger partial charge in [0.25, 0.3) is 0 Å². The molecule has 0 aromatic carbocycles. The van der Waals surface area contributed by atoms with E-state index in [1.165, 1.54) is 0 Å². The molecule has 2 atom stereocenters. The summed E-state index contributed by atoms with van der Waals surface area (Å²) in [6, 6.07) is 0. The van der Waals surface area contributed by atoms with Gasteiger partial charge in [-0.05, 0) is 42.2 Å². The number of aromatic nitrogens is 4. The lowest BCUT2D eigenvalue weighted by molar-refractivity contribution is 0.188. The Morgan fingerprint density at radius 3 is 3.00 bits per heavy atom. The topological polar surface area (TPSA) is 75.9 Å². The molecule has 2 rings (SSSR count). The molecule has 0 radical (unpaired) electrons. The van der Waals surface area contributed by atoms with Crippen LogP contribution in [0, 0.1) is 5.92 Å². The summed E-state index contributed by atoms with van der Waals surface area (Å²) in [6.45, 7) is 7.01. The van der Waals surface area contributed by atoms with Gasteiger partial charge in [0.1, 0.15) is 0 Å². The van der Waals surface area contributed by atoms with E-state index in [1.807, 2.05) is 4.68 Å². The number of hydrogen-bond donors (Lipinski definition) is 2. The monoisotopic (exact) mass is 285 g/mol. The fourth-order valence-corrected chi connectivity index (χ4v) is 3.36. The Balaban J connectivity index is 1.80. The van der Waals surface area contributed by atoms with E-state index in [0.717, 1.165) is 44.1 Å². The molecule has 1 heterocycles. The average Bonchev–Trinajstić information content (AvgIpc) is 2.96. The van der Waals surface area contributed by atoms with E-state index in [0.29, 0.717) is 5.92 Å². The molecule has 0 spiro atoms. The van der Waals surface area contributed by atoms with E-state index in [2.05, 4.69) is 34.7 Å². The minimum Gasteiger partial charge on any atom is -0.392 e. The van der Waals surface area contributed by atoms with Gasteiger partial charge in [-0.3, -0.25) is 0 Å². The third-order valence-corrected chi connectivity index (χ3v) is 4.58. The highest BCUT2D eigenvalue weighted by atomic mass is 32.2. The lowest BCUT2D eigenvalue weighted by Gasteiger charge is -2.13. The van der Waals surface area contributed by atoms with Crippen LogP contribution in [0.2, 0.25) is 0 Å². The molecule has 1 fully saturated rings. The van der Waals surface area contributed by atoms with Crippen molar-refractivity contribution in [3.8, 4) is 0 Å². The highest BCUT2D eigenvalue weighted by molar-refractivity contribution is 7.99. The van der Waals surface area contributed by atoms with Crippen molar-refractivity contribution in [2.24, 2.45) is 5.92 Å². The predicted molar refractivity (Wildman–Crippen MR) is 75.0 cm³/mol. The fourth-order valence-electron chi connectivity index (χ4n) is 2.18. The lowest BCUT2D eigenvalue weighted by Crippen LogP contribution is -2.25. The van der Waals surface area contributed by atoms with Crippen LogP contribution in [0.3, 0.4) is 0 Å². The van der Waals surface area contributed by atoms with E-state index in [-0.39, 0.29) is 11.4 Å². The van der Waals surface area contributed by atoms with Crippen molar-refractivity contribution < 1.29 is 5.11 Å². The zero-order valence-electron chi connectivity index (χ0n) is 11.6. The van der Waals surface area contributed by atoms with Gasteiger partial charge in [-0.15, -0.1) is 5.10 Å². The summed E-state index contributed by atoms with van der Waals surface area (Å²) in [4.78, 5) is 0. The van der Waals surface area contributed by atoms with E-state index in [4.69, 9.17) is 0 Å². The molecule has 1 saturated carbocycles. The summed E-state index contributed by atoms with van der Waals surface area (Å²) in [6.07, 6.45) is 2.82. The van der Waals surface area contributed by atoms with Gasteiger partial charge in [0.15, 0.2) is 0 Å². The zero-order valence-corrected chi connectivity index (χ0v) is 12.4. The molecule has 0 amide bonds. The molecular formula is C12H23N5OS. The third-order valence-electron chi connectivity index (χ3n) is 3.23. The standard InChI is InChI=1S/C12H23N5OS/c1-9(2)8-13-6-7-17-12(14-15-16-17)19-11-5-3-4-10(11)18/h9-11,13,18H,3-8H2,1-2H3. The molecule has 0 aliphatic heterocycles. The molecule has 1 aliphatic rings. The van der Waals surface area contributed by atoms with Crippen LogP contribution in [0.25, 0.3) is 0 Å². The van der Waals surface area contributed by atoms with Crippen molar-refractivity contribution in [3.63, 3.8) is 0 Å². The summed E-state index contributed by atoms with van der Waals surface area (Å²) < 4.78 is 1.82. The molecule has 0 saturated heterocycles. The molecule has 19 heavy (non-hydrogen) atoms. The van der Waals surface area contributed by atoms with Gasteiger partial charge in [0.2, 0.25) is 5.16 Å². The Morgan fingerprint density at radius 1 is 1.47 bits per heavy atom.